The number of halogens is 3. The van der Waals surface area contributed by atoms with E-state index in [9.17, 15) is 33.0 Å². The van der Waals surface area contributed by atoms with Crippen LogP contribution in [0.1, 0.15) is 51.3 Å². The zero-order valence-corrected chi connectivity index (χ0v) is 19.9. The smallest absolute Gasteiger partial charge is 0.416 e. The number of methoxy groups -OCH3 is 1. The van der Waals surface area contributed by atoms with E-state index in [-0.39, 0.29) is 35.3 Å². The topological polar surface area (TPSA) is 83.8 Å². The maximum absolute atomic E-state index is 13.1. The Morgan fingerprint density at radius 1 is 1.00 bits per heavy atom. The van der Waals surface area contributed by atoms with Crippen molar-refractivity contribution in [2.45, 2.75) is 32.9 Å². The number of hydrogen-bond acceptors (Lipinski definition) is 4. The van der Waals surface area contributed by atoms with E-state index >= 15 is 0 Å². The van der Waals surface area contributed by atoms with Gasteiger partial charge in [0.25, 0.3) is 0 Å². The lowest BCUT2D eigenvalue weighted by atomic mass is 9.92. The first-order chi connectivity index (χ1) is 16.9. The zero-order valence-electron chi connectivity index (χ0n) is 19.9. The summed E-state index contributed by atoms with van der Waals surface area (Å²) in [5.41, 5.74) is 0.998. The van der Waals surface area contributed by atoms with Crippen LogP contribution in [-0.2, 0) is 19.0 Å². The van der Waals surface area contributed by atoms with E-state index in [0.717, 1.165) is 17.7 Å². The second-order valence-corrected chi connectivity index (χ2v) is 8.49. The van der Waals surface area contributed by atoms with E-state index < -0.39 is 34.8 Å². The molecular weight excluding hydrogens is 473 g/mol. The molecule has 0 saturated heterocycles. The minimum Gasteiger partial charge on any atom is -0.507 e. The maximum Gasteiger partial charge on any atom is 0.416 e. The predicted octanol–water partition coefficient (Wildman–Crippen LogP) is 6.72. The second-order valence-electron chi connectivity index (χ2n) is 8.49. The number of carboxylic acids is 1. The van der Waals surface area contributed by atoms with Crippen LogP contribution in [0.3, 0.4) is 0 Å². The van der Waals surface area contributed by atoms with E-state index in [1.165, 1.54) is 37.4 Å². The van der Waals surface area contributed by atoms with Crippen molar-refractivity contribution >= 4 is 11.8 Å². The van der Waals surface area contributed by atoms with Crippen molar-refractivity contribution in [2.75, 3.05) is 7.11 Å². The third-order valence-electron chi connectivity index (χ3n) is 5.65. The van der Waals surface area contributed by atoms with Crippen LogP contribution < -0.4 is 4.74 Å². The van der Waals surface area contributed by atoms with Gasteiger partial charge in [0.2, 0.25) is 0 Å². The number of alkyl halides is 3. The highest BCUT2D eigenvalue weighted by molar-refractivity contribution is 6.01. The van der Waals surface area contributed by atoms with Crippen LogP contribution in [-0.4, -0.2) is 29.1 Å². The number of ether oxygens (including phenoxy) is 1. The summed E-state index contributed by atoms with van der Waals surface area (Å²) in [6.45, 7) is 3.73. The van der Waals surface area contributed by atoms with Crippen molar-refractivity contribution in [3.63, 3.8) is 0 Å². The predicted molar refractivity (Wildman–Crippen MR) is 130 cm³/mol. The SMILES string of the molecule is COc1cc(CC(=O)c2cccc(-c3cccc(C(F)(F)F)c3)c2)c(C(=O)O)c(O)c1CC=C(C)C. The normalized spacial score (nSPS) is 11.2. The number of rotatable bonds is 8. The zero-order chi connectivity index (χ0) is 26.6. The summed E-state index contributed by atoms with van der Waals surface area (Å²) in [4.78, 5) is 25.1. The van der Waals surface area contributed by atoms with Gasteiger partial charge in [-0.25, -0.2) is 4.79 Å². The van der Waals surface area contributed by atoms with E-state index in [2.05, 4.69) is 0 Å². The fraction of sp³-hybridized carbons (Fsp3) is 0.214. The average molecular weight is 498 g/mol. The molecule has 0 radical (unpaired) electrons. The van der Waals surface area contributed by atoms with E-state index in [0.29, 0.717) is 11.1 Å². The minimum atomic E-state index is -4.50. The van der Waals surface area contributed by atoms with Crippen LogP contribution in [0.2, 0.25) is 0 Å². The molecule has 0 aromatic heterocycles. The molecule has 3 aromatic carbocycles. The summed E-state index contributed by atoms with van der Waals surface area (Å²) < 4.78 is 44.7. The Labute approximate surface area is 206 Å². The molecule has 0 fully saturated rings. The van der Waals surface area contributed by atoms with Crippen LogP contribution >= 0.6 is 0 Å². The molecule has 0 amide bonds. The van der Waals surface area contributed by atoms with Crippen molar-refractivity contribution < 1.29 is 37.7 Å². The van der Waals surface area contributed by atoms with Crippen LogP contribution in [0.5, 0.6) is 11.5 Å². The molecule has 36 heavy (non-hydrogen) atoms. The van der Waals surface area contributed by atoms with E-state index in [1.54, 1.807) is 12.1 Å². The van der Waals surface area contributed by atoms with E-state index in [4.69, 9.17) is 4.74 Å². The van der Waals surface area contributed by atoms with Crippen molar-refractivity contribution in [3.8, 4) is 22.6 Å². The van der Waals surface area contributed by atoms with Gasteiger partial charge in [-0.15, -0.1) is 0 Å². The molecular formula is C28H25F3O5. The number of aromatic carboxylic acids is 1. The Bertz CT molecular complexity index is 1340. The Hall–Kier alpha value is -4.07. The largest absolute Gasteiger partial charge is 0.507 e. The van der Waals surface area contributed by atoms with Gasteiger partial charge in [0.15, 0.2) is 5.78 Å². The Kier molecular flexibility index (Phi) is 7.87. The van der Waals surface area contributed by atoms with Crippen molar-refractivity contribution in [1.29, 1.82) is 0 Å². The first-order valence-corrected chi connectivity index (χ1v) is 11.0. The Morgan fingerprint density at radius 3 is 2.22 bits per heavy atom. The van der Waals surface area contributed by atoms with Crippen LogP contribution in [0.15, 0.2) is 66.2 Å². The van der Waals surface area contributed by atoms with Gasteiger partial charge in [-0.2, -0.15) is 13.2 Å². The molecule has 0 atom stereocenters. The molecule has 0 saturated carbocycles. The summed E-state index contributed by atoms with van der Waals surface area (Å²) in [7, 11) is 1.38. The number of benzene rings is 3. The number of aromatic hydroxyl groups is 1. The van der Waals surface area contributed by atoms with Gasteiger partial charge >= 0.3 is 12.1 Å². The number of phenols is 1. The Morgan fingerprint density at radius 2 is 1.64 bits per heavy atom. The lowest BCUT2D eigenvalue weighted by Gasteiger charge is -2.16. The number of hydrogen-bond donors (Lipinski definition) is 2. The molecule has 0 aliphatic carbocycles. The molecule has 0 heterocycles. The third-order valence-corrected chi connectivity index (χ3v) is 5.65. The molecule has 3 rings (SSSR count). The first kappa shape index (κ1) is 26.5. The van der Waals surface area contributed by atoms with Crippen molar-refractivity contribution in [3.05, 3.63) is 94.1 Å². The molecule has 2 N–H and O–H groups in total. The van der Waals surface area contributed by atoms with Gasteiger partial charge in [0.05, 0.1) is 12.7 Å². The summed E-state index contributed by atoms with van der Waals surface area (Å²) in [5, 5.41) is 20.5. The number of Topliss-reactive ketones (excluding diaryl/α,β-unsaturated/α-hetero) is 1. The van der Waals surface area contributed by atoms with Crippen LogP contribution in [0.25, 0.3) is 11.1 Å². The molecule has 0 unspecified atom stereocenters. The molecule has 0 bridgehead atoms. The summed E-state index contributed by atoms with van der Waals surface area (Å²) in [5.74, 6) is -2.09. The first-order valence-electron chi connectivity index (χ1n) is 11.0. The highest BCUT2D eigenvalue weighted by Crippen LogP contribution is 2.36. The van der Waals surface area contributed by atoms with Gasteiger partial charge in [0, 0.05) is 17.5 Å². The number of ketones is 1. The molecule has 188 valence electrons. The standard InChI is InChI=1S/C28H25F3O5/c1-16(2)10-11-22-24(36-3)15-20(25(26(22)33)27(34)35)14-23(32)19-8-4-6-17(12-19)18-7-5-9-21(13-18)28(29,30)31/h4-10,12-13,15,33H,11,14H2,1-3H3,(H,34,35). The molecule has 0 spiro atoms. The molecule has 5 nitrogen and oxygen atoms in total. The van der Waals surface area contributed by atoms with Gasteiger partial charge < -0.3 is 14.9 Å². The van der Waals surface area contributed by atoms with E-state index in [1.807, 2.05) is 19.9 Å². The van der Waals surface area contributed by atoms with Gasteiger partial charge in [-0.3, -0.25) is 4.79 Å². The average Bonchev–Trinajstić information content (AvgIpc) is 2.82. The maximum atomic E-state index is 13.1. The number of carboxylic acid groups (broad SMARTS) is 1. The molecule has 3 aromatic rings. The number of carbonyl (C=O) groups excluding carboxylic acids is 1. The minimum absolute atomic E-state index is 0.0623. The van der Waals surface area contributed by atoms with Crippen molar-refractivity contribution in [2.24, 2.45) is 0 Å². The molecule has 0 aliphatic heterocycles. The molecule has 0 aliphatic rings. The lowest BCUT2D eigenvalue weighted by molar-refractivity contribution is -0.137. The number of carbonyl (C=O) groups is 2. The summed E-state index contributed by atoms with van der Waals surface area (Å²) in [6, 6.07) is 12.3. The number of allylic oxidation sites excluding steroid dienone is 2. The molecule has 8 heteroatoms. The fourth-order valence-electron chi connectivity index (χ4n) is 3.82. The Balaban J connectivity index is 1.99. The van der Waals surface area contributed by atoms with Gasteiger partial charge in [-0.1, -0.05) is 42.0 Å². The van der Waals surface area contributed by atoms with Gasteiger partial charge in [0.1, 0.15) is 17.1 Å². The third kappa shape index (κ3) is 5.94. The summed E-state index contributed by atoms with van der Waals surface area (Å²) >= 11 is 0. The van der Waals surface area contributed by atoms with Crippen molar-refractivity contribution in [1.82, 2.24) is 0 Å². The highest BCUT2D eigenvalue weighted by Gasteiger charge is 2.30. The fourth-order valence-corrected chi connectivity index (χ4v) is 3.82. The second kappa shape index (κ2) is 10.7. The van der Waals surface area contributed by atoms with Gasteiger partial charge in [-0.05, 0) is 61.2 Å². The monoisotopic (exact) mass is 498 g/mol. The van der Waals surface area contributed by atoms with Crippen LogP contribution in [0.4, 0.5) is 13.2 Å². The highest BCUT2D eigenvalue weighted by atomic mass is 19.4. The lowest BCUT2D eigenvalue weighted by Crippen LogP contribution is -2.11. The van der Waals surface area contributed by atoms with Crippen LogP contribution in [0, 0.1) is 0 Å². The summed E-state index contributed by atoms with van der Waals surface area (Å²) in [6.07, 6.45) is -2.81. The quantitative estimate of drug-likeness (QED) is 0.266.